The van der Waals surface area contributed by atoms with E-state index in [9.17, 15) is 0 Å². The van der Waals surface area contributed by atoms with E-state index >= 15 is 0 Å². The van der Waals surface area contributed by atoms with Gasteiger partial charge < -0.3 is 10.1 Å². The molecule has 0 heterocycles. The van der Waals surface area contributed by atoms with Crippen LogP contribution in [0.4, 0.5) is 0 Å². The van der Waals surface area contributed by atoms with E-state index in [0.29, 0.717) is 5.92 Å². The second-order valence-corrected chi connectivity index (χ2v) is 7.30. The number of hydrogen-bond acceptors (Lipinski definition) is 2. The number of nitrogens with one attached hydrogen (secondary N) is 1. The number of benzene rings is 1. The molecule has 0 aliphatic heterocycles. The van der Waals surface area contributed by atoms with Crippen LogP contribution in [0, 0.1) is 12.3 Å². The Labute approximate surface area is 123 Å². The van der Waals surface area contributed by atoms with Crippen molar-refractivity contribution in [3.63, 3.8) is 0 Å². The molecule has 1 fully saturated rings. The first kappa shape index (κ1) is 15.4. The van der Waals surface area contributed by atoms with Crippen molar-refractivity contribution in [1.82, 2.24) is 5.32 Å². The third kappa shape index (κ3) is 4.52. The molecule has 0 bridgehead atoms. The van der Waals surface area contributed by atoms with E-state index in [1.165, 1.54) is 24.0 Å². The van der Waals surface area contributed by atoms with Crippen molar-refractivity contribution in [2.45, 2.75) is 59.4 Å². The van der Waals surface area contributed by atoms with Gasteiger partial charge in [-0.05, 0) is 42.9 Å². The summed E-state index contributed by atoms with van der Waals surface area (Å²) in [5, 5.41) is 3.60. The molecule has 0 unspecified atom stereocenters. The highest BCUT2D eigenvalue weighted by Gasteiger charge is 2.26. The number of hydrogen-bond donors (Lipinski definition) is 1. The second-order valence-electron chi connectivity index (χ2n) is 7.30. The van der Waals surface area contributed by atoms with Crippen LogP contribution in [0.1, 0.15) is 57.6 Å². The van der Waals surface area contributed by atoms with Crippen LogP contribution in [0.15, 0.2) is 18.2 Å². The van der Waals surface area contributed by atoms with E-state index in [2.05, 4.69) is 58.1 Å². The summed E-state index contributed by atoms with van der Waals surface area (Å²) in [6.07, 6.45) is 2.68. The van der Waals surface area contributed by atoms with Crippen molar-refractivity contribution in [3.8, 4) is 5.75 Å². The van der Waals surface area contributed by atoms with Gasteiger partial charge in [0.25, 0.3) is 0 Å². The van der Waals surface area contributed by atoms with Crippen LogP contribution in [0.25, 0.3) is 0 Å². The van der Waals surface area contributed by atoms with Gasteiger partial charge in [-0.25, -0.2) is 0 Å². The summed E-state index contributed by atoms with van der Waals surface area (Å²) in [4.78, 5) is 0. The zero-order valence-corrected chi connectivity index (χ0v) is 13.6. The van der Waals surface area contributed by atoms with E-state index in [1.54, 1.807) is 0 Å². The van der Waals surface area contributed by atoms with E-state index in [-0.39, 0.29) is 5.41 Å². The molecule has 2 heteroatoms. The normalized spacial score (nSPS) is 15.7. The van der Waals surface area contributed by atoms with Crippen LogP contribution in [0.5, 0.6) is 5.75 Å². The molecule has 1 aromatic rings. The Bertz CT molecular complexity index is 447. The fraction of sp³-hybridized carbons (Fsp3) is 0.667. The van der Waals surface area contributed by atoms with Crippen molar-refractivity contribution in [2.24, 2.45) is 5.41 Å². The monoisotopic (exact) mass is 275 g/mol. The molecule has 0 aromatic heterocycles. The first-order chi connectivity index (χ1) is 9.37. The lowest BCUT2D eigenvalue weighted by Crippen LogP contribution is -2.35. The number of rotatable bonds is 7. The van der Waals surface area contributed by atoms with E-state index < -0.39 is 0 Å². The van der Waals surface area contributed by atoms with Gasteiger partial charge in [0.1, 0.15) is 5.75 Å². The second kappa shape index (κ2) is 6.17. The minimum atomic E-state index is 0.167. The molecule has 1 aromatic carbocycles. The largest absolute Gasteiger partial charge is 0.493 e. The molecule has 1 aliphatic rings. The van der Waals surface area contributed by atoms with Gasteiger partial charge in [-0.3, -0.25) is 0 Å². The molecule has 1 aliphatic carbocycles. The van der Waals surface area contributed by atoms with Crippen molar-refractivity contribution >= 4 is 0 Å². The summed E-state index contributed by atoms with van der Waals surface area (Å²) in [6.45, 7) is 12.9. The minimum Gasteiger partial charge on any atom is -0.493 e. The van der Waals surface area contributed by atoms with E-state index in [0.717, 1.165) is 24.9 Å². The van der Waals surface area contributed by atoms with Crippen molar-refractivity contribution in [1.29, 1.82) is 0 Å². The van der Waals surface area contributed by atoms with Crippen LogP contribution in [0.3, 0.4) is 0 Å². The molecule has 0 atom stereocenters. The number of ether oxygens (including phenoxy) is 1. The highest BCUT2D eigenvalue weighted by molar-refractivity contribution is 5.39. The lowest BCUT2D eigenvalue weighted by molar-refractivity contribution is 0.174. The van der Waals surface area contributed by atoms with Crippen LogP contribution < -0.4 is 10.1 Å². The van der Waals surface area contributed by atoms with Gasteiger partial charge in [0.05, 0.1) is 6.61 Å². The molecular weight excluding hydrogens is 246 g/mol. The van der Waals surface area contributed by atoms with Gasteiger partial charge in [-0.2, -0.15) is 0 Å². The lowest BCUT2D eigenvalue weighted by atomic mass is 9.94. The van der Waals surface area contributed by atoms with Crippen molar-refractivity contribution in [2.75, 3.05) is 13.2 Å². The fourth-order valence-corrected chi connectivity index (χ4v) is 2.28. The maximum atomic E-state index is 6.16. The molecule has 1 saturated carbocycles. The average Bonchev–Trinajstić information content (AvgIpc) is 3.18. The zero-order valence-electron chi connectivity index (χ0n) is 13.6. The Balaban J connectivity index is 1.96. The summed E-state index contributed by atoms with van der Waals surface area (Å²) in [5.74, 6) is 1.55. The minimum absolute atomic E-state index is 0.167. The first-order valence-electron chi connectivity index (χ1n) is 7.84. The van der Waals surface area contributed by atoms with Crippen molar-refractivity contribution < 1.29 is 4.74 Å². The topological polar surface area (TPSA) is 21.3 Å². The summed E-state index contributed by atoms with van der Waals surface area (Å²) in [6, 6.07) is 7.30. The molecule has 2 nitrogen and oxygen atoms in total. The lowest BCUT2D eigenvalue weighted by Gasteiger charge is -2.26. The van der Waals surface area contributed by atoms with Crippen LogP contribution in [-0.4, -0.2) is 19.2 Å². The molecular formula is C18H29NO. The molecule has 0 radical (unpaired) electrons. The molecule has 0 spiro atoms. The van der Waals surface area contributed by atoms with Gasteiger partial charge >= 0.3 is 0 Å². The smallest absolute Gasteiger partial charge is 0.123 e. The van der Waals surface area contributed by atoms with Crippen LogP contribution in [-0.2, 0) is 0 Å². The van der Waals surface area contributed by atoms with Gasteiger partial charge in [0.2, 0.25) is 0 Å². The predicted molar refractivity (Wildman–Crippen MR) is 85.6 cm³/mol. The van der Waals surface area contributed by atoms with Crippen LogP contribution >= 0.6 is 0 Å². The van der Waals surface area contributed by atoms with Gasteiger partial charge in [-0.15, -0.1) is 0 Å². The molecule has 20 heavy (non-hydrogen) atoms. The molecule has 2 rings (SSSR count). The Hall–Kier alpha value is -1.02. The molecule has 112 valence electrons. The third-order valence-electron chi connectivity index (χ3n) is 3.86. The first-order valence-corrected chi connectivity index (χ1v) is 7.84. The molecule has 1 N–H and O–H groups in total. The Kier molecular flexibility index (Phi) is 4.74. The maximum absolute atomic E-state index is 6.16. The Morgan fingerprint density at radius 3 is 2.60 bits per heavy atom. The summed E-state index contributed by atoms with van der Waals surface area (Å²) < 4.78 is 6.16. The SMILES string of the molecule is Cc1ccc(C(C)C)c(OCC(C)(C)CNC2CC2)c1. The quantitative estimate of drug-likeness (QED) is 0.802. The van der Waals surface area contributed by atoms with E-state index in [4.69, 9.17) is 4.74 Å². The number of aryl methyl sites for hydroxylation is 1. The highest BCUT2D eigenvalue weighted by atomic mass is 16.5. The summed E-state index contributed by atoms with van der Waals surface area (Å²) in [7, 11) is 0. The van der Waals surface area contributed by atoms with E-state index in [1.807, 2.05) is 0 Å². The Morgan fingerprint density at radius 2 is 2.00 bits per heavy atom. The Morgan fingerprint density at radius 1 is 1.30 bits per heavy atom. The maximum Gasteiger partial charge on any atom is 0.123 e. The van der Waals surface area contributed by atoms with Gasteiger partial charge in [0, 0.05) is 18.0 Å². The molecule has 0 amide bonds. The van der Waals surface area contributed by atoms with Gasteiger partial charge in [0.15, 0.2) is 0 Å². The predicted octanol–water partition coefficient (Wildman–Crippen LogP) is 4.28. The molecule has 0 saturated heterocycles. The van der Waals surface area contributed by atoms with Crippen molar-refractivity contribution in [3.05, 3.63) is 29.3 Å². The summed E-state index contributed by atoms with van der Waals surface area (Å²) in [5.41, 5.74) is 2.74. The fourth-order valence-electron chi connectivity index (χ4n) is 2.28. The standard InChI is InChI=1S/C18H29NO/c1-13(2)16-9-6-14(3)10-17(16)20-12-18(4,5)11-19-15-7-8-15/h6,9-10,13,15,19H,7-8,11-12H2,1-5H3. The summed E-state index contributed by atoms with van der Waals surface area (Å²) >= 11 is 0. The third-order valence-corrected chi connectivity index (χ3v) is 3.86. The average molecular weight is 275 g/mol. The highest BCUT2D eigenvalue weighted by Crippen LogP contribution is 2.29. The van der Waals surface area contributed by atoms with Gasteiger partial charge in [-0.1, -0.05) is 39.8 Å². The van der Waals surface area contributed by atoms with Crippen LogP contribution in [0.2, 0.25) is 0 Å². The zero-order chi connectivity index (χ0) is 14.8.